The quantitative estimate of drug-likeness (QED) is 0.407. The number of methoxy groups -OCH3 is 1. The molecule has 0 saturated heterocycles. The van der Waals surface area contributed by atoms with E-state index >= 15 is 0 Å². The lowest BCUT2D eigenvalue weighted by molar-refractivity contribution is -0.144. The Balaban J connectivity index is 1.33. The lowest BCUT2D eigenvalue weighted by Gasteiger charge is -2.54. The van der Waals surface area contributed by atoms with E-state index in [1.165, 1.54) is 51.0 Å². The van der Waals surface area contributed by atoms with Crippen LogP contribution in [0.25, 0.3) is 0 Å². The highest BCUT2D eigenvalue weighted by atomic mass is 32.2. The summed E-state index contributed by atoms with van der Waals surface area (Å²) in [4.78, 5) is 39.5. The van der Waals surface area contributed by atoms with Crippen molar-refractivity contribution < 1.29 is 33.1 Å². The molecule has 40 heavy (non-hydrogen) atoms. The Morgan fingerprint density at radius 1 is 1.05 bits per heavy atom. The molecule has 6 rings (SSSR count). The van der Waals surface area contributed by atoms with E-state index in [2.05, 4.69) is 15.8 Å². The Kier molecular flexibility index (Phi) is 8.30. The monoisotopic (exact) mass is 571 g/mol. The van der Waals surface area contributed by atoms with Crippen LogP contribution in [0, 0.1) is 23.7 Å². The zero-order valence-electron chi connectivity index (χ0n) is 23.3. The number of aromatic nitrogens is 1. The summed E-state index contributed by atoms with van der Waals surface area (Å²) in [6.07, 6.45) is 5.24. The molecule has 4 fully saturated rings. The summed E-state index contributed by atoms with van der Waals surface area (Å²) in [7, 11) is 1.21. The molecule has 1 aromatic heterocycles. The second-order valence-corrected chi connectivity index (χ2v) is 13.1. The summed E-state index contributed by atoms with van der Waals surface area (Å²) >= 11 is 1.28. The van der Waals surface area contributed by atoms with Crippen molar-refractivity contribution in [1.82, 2.24) is 15.8 Å². The van der Waals surface area contributed by atoms with E-state index in [1.54, 1.807) is 20.8 Å². The molecule has 11 heteroatoms. The first kappa shape index (κ1) is 28.3. The van der Waals surface area contributed by atoms with Gasteiger partial charge in [0.2, 0.25) is 5.76 Å². The van der Waals surface area contributed by atoms with Crippen LogP contribution in [0.2, 0.25) is 0 Å². The molecule has 0 spiro atoms. The summed E-state index contributed by atoms with van der Waals surface area (Å²) in [6.45, 7) is 4.84. The molecule has 2 N–H and O–H groups in total. The van der Waals surface area contributed by atoms with E-state index < -0.39 is 23.7 Å². The summed E-state index contributed by atoms with van der Waals surface area (Å²) in [5.41, 5.74) is -0.753. The maximum Gasteiger partial charge on any atom is 0.408 e. The molecule has 10 nitrogen and oxygen atoms in total. The van der Waals surface area contributed by atoms with Gasteiger partial charge in [0, 0.05) is 10.9 Å². The highest BCUT2D eigenvalue weighted by molar-refractivity contribution is 7.99. The third-order valence-electron chi connectivity index (χ3n) is 7.88. The first-order chi connectivity index (χ1) is 19.1. The van der Waals surface area contributed by atoms with Gasteiger partial charge in [-0.2, -0.15) is 0 Å². The third kappa shape index (κ3) is 6.56. The Morgan fingerprint density at radius 3 is 2.30 bits per heavy atom. The molecule has 1 heterocycles. The van der Waals surface area contributed by atoms with Gasteiger partial charge in [0.1, 0.15) is 17.1 Å². The summed E-state index contributed by atoms with van der Waals surface area (Å²) < 4.78 is 21.5. The van der Waals surface area contributed by atoms with Crippen LogP contribution in [-0.4, -0.2) is 54.5 Å². The van der Waals surface area contributed by atoms with Crippen LogP contribution in [0.4, 0.5) is 4.79 Å². The van der Waals surface area contributed by atoms with Crippen molar-refractivity contribution in [3.05, 3.63) is 36.1 Å². The summed E-state index contributed by atoms with van der Waals surface area (Å²) in [5, 5.41) is 9.78. The molecule has 0 unspecified atom stereocenters. The van der Waals surface area contributed by atoms with Gasteiger partial charge in [0.25, 0.3) is 11.8 Å². The van der Waals surface area contributed by atoms with E-state index in [4.69, 9.17) is 18.7 Å². The van der Waals surface area contributed by atoms with Crippen LogP contribution in [0.1, 0.15) is 63.4 Å². The van der Waals surface area contributed by atoms with Crippen LogP contribution < -0.4 is 15.4 Å². The van der Waals surface area contributed by atoms with Crippen LogP contribution in [0.15, 0.2) is 44.6 Å². The van der Waals surface area contributed by atoms with E-state index in [0.29, 0.717) is 16.7 Å². The van der Waals surface area contributed by atoms with Crippen LogP contribution in [-0.2, 0) is 14.3 Å². The molecule has 4 bridgehead atoms. The highest BCUT2D eigenvalue weighted by Crippen LogP contribution is 2.53. The minimum atomic E-state index is -1.17. The number of rotatable bonds is 9. The molecule has 0 aliphatic heterocycles. The Hall–Kier alpha value is -3.21. The number of nitrogens with zero attached hydrogens (tertiary/aromatic N) is 1. The van der Waals surface area contributed by atoms with Gasteiger partial charge in [-0.05, 0) is 93.8 Å². The smallest absolute Gasteiger partial charge is 0.408 e. The molecule has 2 amide bonds. The maximum atomic E-state index is 13.6. The number of ether oxygens (including phenoxy) is 3. The number of esters is 1. The summed E-state index contributed by atoms with van der Waals surface area (Å²) in [5.74, 6) is 1.66. The number of carbonyl (C=O) groups is 3. The molecule has 4 aliphatic carbocycles. The van der Waals surface area contributed by atoms with Gasteiger partial charge in [-0.3, -0.25) is 4.79 Å². The fourth-order valence-corrected chi connectivity index (χ4v) is 7.44. The van der Waals surface area contributed by atoms with Gasteiger partial charge in [-0.1, -0.05) is 30.0 Å². The minimum absolute atomic E-state index is 0.0453. The maximum absolute atomic E-state index is 13.6. The number of benzene rings is 1. The van der Waals surface area contributed by atoms with E-state index in [1.807, 2.05) is 30.3 Å². The normalized spacial score (nSPS) is 25.6. The van der Waals surface area contributed by atoms with Crippen molar-refractivity contribution in [2.45, 2.75) is 80.4 Å². The molecule has 0 radical (unpaired) electrons. The molecule has 4 aliphatic rings. The number of carbonyl (C=O) groups excluding carboxylic acids is 3. The number of hydrogen-bond acceptors (Lipinski definition) is 9. The van der Waals surface area contributed by atoms with Crippen LogP contribution in [0.5, 0.6) is 5.88 Å². The average molecular weight is 572 g/mol. The topological polar surface area (TPSA) is 129 Å². The van der Waals surface area contributed by atoms with Crippen molar-refractivity contribution in [3.8, 4) is 5.88 Å². The first-order valence-corrected chi connectivity index (χ1v) is 14.6. The second-order valence-electron chi connectivity index (χ2n) is 12.0. The lowest BCUT2D eigenvalue weighted by atomic mass is 9.54. The third-order valence-corrected chi connectivity index (χ3v) is 8.95. The predicted octanol–water partition coefficient (Wildman–Crippen LogP) is 4.83. The standard InChI is InChI=1S/C29H37N3O7S/c1-29(2,3)38-28(35)30-21(27(34)36-4)15-37-26-24(40-20-8-6-5-7-9-20)23(39-32-26)25(33)31-22-18-11-16-10-17(13-18)14-19(22)12-16/h5-9,16-19,21-22H,10-15H2,1-4H3,(H,30,35)(H,31,33)/t16?,17?,18?,19?,21-,22?/m1/s1. The molecule has 2 aromatic rings. The average Bonchev–Trinajstić information content (AvgIpc) is 3.29. The molecular weight excluding hydrogens is 534 g/mol. The largest absolute Gasteiger partial charge is 0.472 e. The molecule has 1 atom stereocenters. The first-order valence-electron chi connectivity index (χ1n) is 13.8. The fourth-order valence-electron chi connectivity index (χ4n) is 6.50. The van der Waals surface area contributed by atoms with E-state index in [9.17, 15) is 14.4 Å². The van der Waals surface area contributed by atoms with Crippen molar-refractivity contribution >= 4 is 29.7 Å². The number of nitrogens with one attached hydrogen (secondary N) is 2. The fraction of sp³-hybridized carbons (Fsp3) is 0.586. The van der Waals surface area contributed by atoms with Gasteiger partial charge in [0.05, 0.1) is 7.11 Å². The zero-order chi connectivity index (χ0) is 28.4. The number of amides is 2. The molecule has 1 aromatic carbocycles. The molecule has 216 valence electrons. The van der Waals surface area contributed by atoms with Gasteiger partial charge in [0.15, 0.2) is 6.04 Å². The Labute approximate surface area is 238 Å². The second kappa shape index (κ2) is 11.7. The van der Waals surface area contributed by atoms with Gasteiger partial charge in [-0.25, -0.2) is 9.59 Å². The SMILES string of the molecule is COC(=O)[C@@H](COc1noc(C(=O)NC2C3CC4CC(C3)CC2C4)c1Sc1ccccc1)NC(=O)OC(C)(C)C. The van der Waals surface area contributed by atoms with E-state index in [-0.39, 0.29) is 30.2 Å². The number of hydrogen-bond donors (Lipinski definition) is 2. The van der Waals surface area contributed by atoms with Gasteiger partial charge < -0.3 is 29.4 Å². The Bertz CT molecular complexity index is 1200. The van der Waals surface area contributed by atoms with Crippen molar-refractivity contribution in [3.63, 3.8) is 0 Å². The predicted molar refractivity (Wildman–Crippen MR) is 146 cm³/mol. The minimum Gasteiger partial charge on any atom is -0.472 e. The number of alkyl carbamates (subject to hydrolysis) is 1. The zero-order valence-corrected chi connectivity index (χ0v) is 24.1. The van der Waals surface area contributed by atoms with Crippen molar-refractivity contribution in [1.29, 1.82) is 0 Å². The van der Waals surface area contributed by atoms with E-state index in [0.717, 1.165) is 16.7 Å². The molecular formula is C29H37N3O7S. The van der Waals surface area contributed by atoms with Crippen molar-refractivity contribution in [2.24, 2.45) is 23.7 Å². The van der Waals surface area contributed by atoms with Crippen molar-refractivity contribution in [2.75, 3.05) is 13.7 Å². The van der Waals surface area contributed by atoms with Gasteiger partial charge in [-0.15, -0.1) is 0 Å². The lowest BCUT2D eigenvalue weighted by Crippen LogP contribution is -2.55. The van der Waals surface area contributed by atoms with Gasteiger partial charge >= 0.3 is 12.1 Å². The molecule has 4 saturated carbocycles. The summed E-state index contributed by atoms with van der Waals surface area (Å²) in [6, 6.07) is 8.46. The highest BCUT2D eigenvalue weighted by Gasteiger charge is 2.49. The van der Waals surface area contributed by atoms with Crippen LogP contribution in [0.3, 0.4) is 0 Å². The van der Waals surface area contributed by atoms with Crippen LogP contribution >= 0.6 is 11.8 Å². The Morgan fingerprint density at radius 2 is 1.70 bits per heavy atom.